The third-order valence-electron chi connectivity index (χ3n) is 3.22. The van der Waals surface area contributed by atoms with Crippen LogP contribution in [0, 0.1) is 6.92 Å². The first-order chi connectivity index (χ1) is 10.3. The number of aryl methyl sites for hydroxylation is 1. The van der Waals surface area contributed by atoms with Crippen LogP contribution in [0.5, 0.6) is 0 Å². The monoisotopic (exact) mass is 295 g/mol. The van der Waals surface area contributed by atoms with Crippen LogP contribution in [0.1, 0.15) is 10.4 Å². The van der Waals surface area contributed by atoms with E-state index in [9.17, 15) is 0 Å². The highest BCUT2D eigenvalue weighted by molar-refractivity contribution is 7.15. The first-order valence-electron chi connectivity index (χ1n) is 6.90. The Labute approximate surface area is 128 Å². The van der Waals surface area contributed by atoms with Gasteiger partial charge in [0.25, 0.3) is 0 Å². The van der Waals surface area contributed by atoms with Crippen molar-refractivity contribution in [3.05, 3.63) is 59.1 Å². The molecule has 0 spiro atoms. The fourth-order valence-electron chi connectivity index (χ4n) is 2.22. The van der Waals surface area contributed by atoms with Gasteiger partial charge < -0.3 is 5.32 Å². The predicted molar refractivity (Wildman–Crippen MR) is 88.3 cm³/mol. The molecule has 0 saturated carbocycles. The van der Waals surface area contributed by atoms with E-state index in [-0.39, 0.29) is 0 Å². The van der Waals surface area contributed by atoms with E-state index in [1.54, 1.807) is 11.3 Å². The zero-order chi connectivity index (χ0) is 14.7. The van der Waals surface area contributed by atoms with Crippen molar-refractivity contribution in [3.63, 3.8) is 0 Å². The summed E-state index contributed by atoms with van der Waals surface area (Å²) in [6.45, 7) is 2.89. The highest BCUT2D eigenvalue weighted by Crippen LogP contribution is 2.33. The normalized spacial score (nSPS) is 10.8. The lowest BCUT2D eigenvalue weighted by molar-refractivity contribution is 0.831. The number of hydrogen-bond donors (Lipinski definition) is 1. The summed E-state index contributed by atoms with van der Waals surface area (Å²) < 4.78 is 0. The second-order valence-corrected chi connectivity index (χ2v) is 5.99. The van der Waals surface area contributed by atoms with Gasteiger partial charge in [-0.25, -0.2) is 4.98 Å². The van der Waals surface area contributed by atoms with Crippen LogP contribution < -0.4 is 5.32 Å². The predicted octanol–water partition coefficient (Wildman–Crippen LogP) is 3.90. The number of pyridine rings is 1. The van der Waals surface area contributed by atoms with E-state index in [2.05, 4.69) is 35.4 Å². The van der Waals surface area contributed by atoms with Gasteiger partial charge in [-0.3, -0.25) is 4.98 Å². The summed E-state index contributed by atoms with van der Waals surface area (Å²) in [5.74, 6) is 0. The second kappa shape index (κ2) is 6.16. The molecule has 2 heterocycles. The number of aromatic nitrogens is 2. The summed E-state index contributed by atoms with van der Waals surface area (Å²) in [4.78, 5) is 10.5. The van der Waals surface area contributed by atoms with E-state index in [0.717, 1.165) is 28.5 Å². The molecule has 0 aliphatic heterocycles. The lowest BCUT2D eigenvalue weighted by Crippen LogP contribution is -2.04. The Kier molecular flexibility index (Phi) is 4.08. The van der Waals surface area contributed by atoms with Crippen molar-refractivity contribution in [2.45, 2.75) is 13.5 Å². The van der Waals surface area contributed by atoms with Crippen molar-refractivity contribution in [1.82, 2.24) is 15.3 Å². The van der Waals surface area contributed by atoms with Gasteiger partial charge in [0.1, 0.15) is 5.01 Å². The van der Waals surface area contributed by atoms with Gasteiger partial charge in [0.15, 0.2) is 0 Å². The van der Waals surface area contributed by atoms with E-state index in [4.69, 9.17) is 4.98 Å². The minimum atomic E-state index is 0.813. The number of nitrogens with one attached hydrogen (secondary N) is 1. The van der Waals surface area contributed by atoms with Gasteiger partial charge in [-0.15, -0.1) is 11.3 Å². The lowest BCUT2D eigenvalue weighted by Gasteiger charge is -2.00. The lowest BCUT2D eigenvalue weighted by atomic mass is 10.1. The van der Waals surface area contributed by atoms with Crippen LogP contribution in [0.15, 0.2) is 48.7 Å². The van der Waals surface area contributed by atoms with Gasteiger partial charge in [0.2, 0.25) is 0 Å². The van der Waals surface area contributed by atoms with Gasteiger partial charge in [-0.05, 0) is 31.7 Å². The molecule has 1 aromatic carbocycles. The molecule has 0 unspecified atom stereocenters. The Bertz CT molecular complexity index is 735. The van der Waals surface area contributed by atoms with Crippen LogP contribution in [0.25, 0.3) is 22.0 Å². The standard InChI is InChI=1S/C17H17N3S/c1-12-8-9-19-14(10-12)17-20-16(15(21-17)11-18-2)13-6-4-3-5-7-13/h3-10,18H,11H2,1-2H3. The van der Waals surface area contributed by atoms with E-state index in [1.807, 2.05) is 37.5 Å². The zero-order valence-electron chi connectivity index (χ0n) is 12.1. The topological polar surface area (TPSA) is 37.8 Å². The highest BCUT2D eigenvalue weighted by atomic mass is 32.1. The number of benzene rings is 1. The average Bonchev–Trinajstić information content (AvgIpc) is 2.93. The number of rotatable bonds is 4. The van der Waals surface area contributed by atoms with Crippen molar-refractivity contribution in [2.24, 2.45) is 0 Å². The summed E-state index contributed by atoms with van der Waals surface area (Å²) >= 11 is 1.70. The molecule has 1 N–H and O–H groups in total. The van der Waals surface area contributed by atoms with Crippen molar-refractivity contribution < 1.29 is 0 Å². The van der Waals surface area contributed by atoms with E-state index >= 15 is 0 Å². The number of thiazole rings is 1. The quantitative estimate of drug-likeness (QED) is 0.793. The molecular formula is C17H17N3S. The first-order valence-corrected chi connectivity index (χ1v) is 7.72. The minimum absolute atomic E-state index is 0.813. The van der Waals surface area contributed by atoms with Crippen molar-refractivity contribution in [2.75, 3.05) is 7.05 Å². The second-order valence-electron chi connectivity index (χ2n) is 4.91. The maximum absolute atomic E-state index is 4.83. The van der Waals surface area contributed by atoms with Crippen LogP contribution in [0.4, 0.5) is 0 Å². The SMILES string of the molecule is CNCc1sc(-c2cc(C)ccn2)nc1-c1ccccc1. The summed E-state index contributed by atoms with van der Waals surface area (Å²) in [6.07, 6.45) is 1.84. The third-order valence-corrected chi connectivity index (χ3v) is 4.29. The molecule has 0 bridgehead atoms. The summed E-state index contributed by atoms with van der Waals surface area (Å²) in [5.41, 5.74) is 4.34. The van der Waals surface area contributed by atoms with Crippen LogP contribution in [-0.4, -0.2) is 17.0 Å². The molecule has 0 atom stereocenters. The van der Waals surface area contributed by atoms with E-state index in [0.29, 0.717) is 0 Å². The molecule has 21 heavy (non-hydrogen) atoms. The van der Waals surface area contributed by atoms with Crippen molar-refractivity contribution in [3.8, 4) is 22.0 Å². The average molecular weight is 295 g/mol. The molecule has 0 amide bonds. The Hall–Kier alpha value is -2.04. The molecule has 2 aromatic heterocycles. The molecule has 0 aliphatic carbocycles. The van der Waals surface area contributed by atoms with Crippen LogP contribution >= 0.6 is 11.3 Å². The van der Waals surface area contributed by atoms with Gasteiger partial charge in [-0.1, -0.05) is 30.3 Å². The Morgan fingerprint density at radius 3 is 2.67 bits per heavy atom. The summed E-state index contributed by atoms with van der Waals surface area (Å²) in [7, 11) is 1.96. The molecule has 3 rings (SSSR count). The fourth-order valence-corrected chi connectivity index (χ4v) is 3.28. The van der Waals surface area contributed by atoms with Crippen LogP contribution in [0.2, 0.25) is 0 Å². The largest absolute Gasteiger partial charge is 0.315 e. The smallest absolute Gasteiger partial charge is 0.142 e. The van der Waals surface area contributed by atoms with Gasteiger partial charge in [-0.2, -0.15) is 0 Å². The molecule has 0 saturated heterocycles. The van der Waals surface area contributed by atoms with Crippen molar-refractivity contribution >= 4 is 11.3 Å². The molecular weight excluding hydrogens is 278 g/mol. The molecule has 0 radical (unpaired) electrons. The minimum Gasteiger partial charge on any atom is -0.315 e. The highest BCUT2D eigenvalue weighted by Gasteiger charge is 2.14. The number of nitrogens with zero attached hydrogens (tertiary/aromatic N) is 2. The maximum Gasteiger partial charge on any atom is 0.142 e. The molecule has 0 fully saturated rings. The number of hydrogen-bond acceptors (Lipinski definition) is 4. The molecule has 4 heteroatoms. The third kappa shape index (κ3) is 3.01. The zero-order valence-corrected chi connectivity index (χ0v) is 12.9. The molecule has 0 aliphatic rings. The maximum atomic E-state index is 4.83. The van der Waals surface area contributed by atoms with Gasteiger partial charge in [0.05, 0.1) is 11.4 Å². The summed E-state index contributed by atoms with van der Waals surface area (Å²) in [6, 6.07) is 14.4. The van der Waals surface area contributed by atoms with E-state index in [1.165, 1.54) is 10.4 Å². The molecule has 3 aromatic rings. The van der Waals surface area contributed by atoms with Gasteiger partial charge >= 0.3 is 0 Å². The Morgan fingerprint density at radius 1 is 1.14 bits per heavy atom. The first kappa shape index (κ1) is 13.9. The molecule has 3 nitrogen and oxygen atoms in total. The summed E-state index contributed by atoms with van der Waals surface area (Å²) in [5, 5.41) is 4.20. The Balaban J connectivity index is 2.08. The van der Waals surface area contributed by atoms with Crippen LogP contribution in [0.3, 0.4) is 0 Å². The van der Waals surface area contributed by atoms with Crippen LogP contribution in [-0.2, 0) is 6.54 Å². The fraction of sp³-hybridized carbons (Fsp3) is 0.176. The Morgan fingerprint density at radius 2 is 1.95 bits per heavy atom. The molecule has 106 valence electrons. The van der Waals surface area contributed by atoms with Gasteiger partial charge in [0, 0.05) is 23.2 Å². The van der Waals surface area contributed by atoms with Crippen molar-refractivity contribution in [1.29, 1.82) is 0 Å². The van der Waals surface area contributed by atoms with E-state index < -0.39 is 0 Å².